The van der Waals surface area contributed by atoms with Crippen LogP contribution in [0.4, 0.5) is 0 Å². The van der Waals surface area contributed by atoms with Crippen LogP contribution in [0.25, 0.3) is 0 Å². The number of allylic oxidation sites excluding steroid dienone is 8. The topological polar surface area (TPSA) is 61.8 Å². The zero-order valence-electron chi connectivity index (χ0n) is 48.7. The van der Waals surface area contributed by atoms with Gasteiger partial charge in [-0.15, -0.1) is 0 Å². The van der Waals surface area contributed by atoms with E-state index in [1.807, 2.05) is 0 Å². The molecule has 5 heteroatoms. The molecule has 0 aromatic carbocycles. The van der Waals surface area contributed by atoms with Crippen molar-refractivity contribution in [1.29, 1.82) is 0 Å². The fourth-order valence-corrected chi connectivity index (χ4v) is 9.58. The van der Waals surface area contributed by atoms with Gasteiger partial charge in [0, 0.05) is 19.4 Å². The Morgan fingerprint density at radius 2 is 0.625 bits per heavy atom. The largest absolute Gasteiger partial charge is 0.462 e. The summed E-state index contributed by atoms with van der Waals surface area (Å²) >= 11 is 0. The van der Waals surface area contributed by atoms with Crippen LogP contribution in [-0.2, 0) is 23.8 Å². The summed E-state index contributed by atoms with van der Waals surface area (Å²) < 4.78 is 17.6. The zero-order chi connectivity index (χ0) is 52.0. The minimum atomic E-state index is -0.540. The fourth-order valence-electron chi connectivity index (χ4n) is 9.58. The van der Waals surface area contributed by atoms with Crippen molar-refractivity contribution in [3.8, 4) is 0 Å². The maximum Gasteiger partial charge on any atom is 0.306 e. The zero-order valence-corrected chi connectivity index (χ0v) is 48.7. The molecular weight excluding hydrogens is 885 g/mol. The van der Waals surface area contributed by atoms with Gasteiger partial charge in [0.1, 0.15) is 6.61 Å². The van der Waals surface area contributed by atoms with Crippen LogP contribution in [0.3, 0.4) is 0 Å². The minimum Gasteiger partial charge on any atom is -0.462 e. The van der Waals surface area contributed by atoms with E-state index in [2.05, 4.69) is 69.4 Å². The second-order valence-corrected chi connectivity index (χ2v) is 21.6. The van der Waals surface area contributed by atoms with Gasteiger partial charge in [0.2, 0.25) is 0 Å². The first-order valence-electron chi connectivity index (χ1n) is 32.2. The van der Waals surface area contributed by atoms with Crippen molar-refractivity contribution in [3.63, 3.8) is 0 Å². The molecule has 1 atom stereocenters. The van der Waals surface area contributed by atoms with Gasteiger partial charge in [-0.3, -0.25) is 9.59 Å². The summed E-state index contributed by atoms with van der Waals surface area (Å²) in [4.78, 5) is 25.6. The van der Waals surface area contributed by atoms with Crippen molar-refractivity contribution in [3.05, 3.63) is 48.6 Å². The van der Waals surface area contributed by atoms with Crippen molar-refractivity contribution in [1.82, 2.24) is 0 Å². The second kappa shape index (κ2) is 63.2. The highest BCUT2D eigenvalue weighted by Gasteiger charge is 2.18. The van der Waals surface area contributed by atoms with Gasteiger partial charge in [0.05, 0.1) is 6.61 Å². The van der Waals surface area contributed by atoms with Gasteiger partial charge in [-0.2, -0.15) is 0 Å². The molecule has 0 aromatic heterocycles. The quantitative estimate of drug-likeness (QED) is 0.0345. The van der Waals surface area contributed by atoms with Crippen molar-refractivity contribution < 1.29 is 23.8 Å². The van der Waals surface area contributed by atoms with E-state index in [4.69, 9.17) is 14.2 Å². The highest BCUT2D eigenvalue weighted by atomic mass is 16.6. The molecule has 0 bridgehead atoms. The predicted molar refractivity (Wildman–Crippen MR) is 316 cm³/mol. The number of unbranched alkanes of at least 4 members (excludes halogenated alkanes) is 41. The molecule has 0 heterocycles. The molecule has 0 fully saturated rings. The molecule has 5 nitrogen and oxygen atoms in total. The van der Waals surface area contributed by atoms with E-state index >= 15 is 0 Å². The maximum atomic E-state index is 12.9. The van der Waals surface area contributed by atoms with E-state index in [-0.39, 0.29) is 25.2 Å². The van der Waals surface area contributed by atoms with Crippen LogP contribution < -0.4 is 0 Å². The molecule has 0 spiro atoms. The minimum absolute atomic E-state index is 0.0858. The summed E-state index contributed by atoms with van der Waals surface area (Å²) in [7, 11) is 0. The third-order valence-electron chi connectivity index (χ3n) is 14.3. The predicted octanol–water partition coefficient (Wildman–Crippen LogP) is 22.2. The number of carbonyl (C=O) groups is 2. The SMILES string of the molecule is CC/C=C\C/C=C\C/C=C\CCCCCCCCCCOCC(COC(=O)CCCCCCCCCCC/C=C\CCCCCCCC)OC(=O)CCCCCCCCCCCCCCCCCCCCC. The average molecular weight is 1010 g/mol. The van der Waals surface area contributed by atoms with Crippen LogP contribution >= 0.6 is 0 Å². The Morgan fingerprint density at radius 3 is 1.01 bits per heavy atom. The van der Waals surface area contributed by atoms with Crippen LogP contribution in [0.15, 0.2) is 48.6 Å². The molecule has 0 radical (unpaired) electrons. The van der Waals surface area contributed by atoms with Crippen LogP contribution in [-0.4, -0.2) is 37.9 Å². The maximum absolute atomic E-state index is 12.9. The normalized spacial score (nSPS) is 12.4. The molecule has 0 saturated heterocycles. The van der Waals surface area contributed by atoms with Crippen molar-refractivity contribution >= 4 is 11.9 Å². The highest BCUT2D eigenvalue weighted by Crippen LogP contribution is 2.17. The molecule has 0 amide bonds. The molecule has 0 aliphatic heterocycles. The monoisotopic (exact) mass is 1010 g/mol. The first kappa shape index (κ1) is 69.9. The molecule has 0 rings (SSSR count). The van der Waals surface area contributed by atoms with Crippen LogP contribution in [0.2, 0.25) is 0 Å². The Hall–Kier alpha value is -2.14. The molecular formula is C67H124O5. The van der Waals surface area contributed by atoms with E-state index in [1.165, 1.54) is 250 Å². The van der Waals surface area contributed by atoms with E-state index < -0.39 is 6.10 Å². The Morgan fingerprint density at radius 1 is 0.319 bits per heavy atom. The van der Waals surface area contributed by atoms with E-state index in [9.17, 15) is 9.59 Å². The van der Waals surface area contributed by atoms with E-state index in [1.54, 1.807) is 0 Å². The van der Waals surface area contributed by atoms with Crippen LogP contribution in [0.5, 0.6) is 0 Å². The first-order valence-corrected chi connectivity index (χ1v) is 32.2. The lowest BCUT2D eigenvalue weighted by Crippen LogP contribution is -2.30. The standard InChI is InChI=1S/C67H124O5/c1-4-7-10-13-16-19-22-25-28-31-34-36-39-42-45-48-51-54-57-60-66(68)71-64-65(63-70-62-59-56-53-50-47-44-41-38-33-30-27-24-21-18-15-12-9-6-3)72-67(69)61-58-55-52-49-46-43-40-37-35-32-29-26-23-20-17-14-11-8-5-2/h9,12,18,21,25,27-28,30,65H,4-8,10-11,13-17,19-20,22-24,26,29,31-64H2,1-3H3/b12-9-,21-18-,28-25-,30-27-. The van der Waals surface area contributed by atoms with Crippen LogP contribution in [0.1, 0.15) is 342 Å². The van der Waals surface area contributed by atoms with E-state index in [0.29, 0.717) is 19.4 Å². The average Bonchev–Trinajstić information content (AvgIpc) is 3.38. The summed E-state index contributed by atoms with van der Waals surface area (Å²) in [6, 6.07) is 0. The summed E-state index contributed by atoms with van der Waals surface area (Å²) in [6.45, 7) is 7.77. The number of hydrogen-bond acceptors (Lipinski definition) is 5. The lowest BCUT2D eigenvalue weighted by Gasteiger charge is -2.18. The Kier molecular flexibility index (Phi) is 61.3. The number of carbonyl (C=O) groups excluding carboxylic acids is 2. The number of rotatable bonds is 60. The number of ether oxygens (including phenoxy) is 3. The molecule has 1 unspecified atom stereocenters. The summed E-state index contributed by atoms with van der Waals surface area (Å²) in [5, 5.41) is 0. The summed E-state index contributed by atoms with van der Waals surface area (Å²) in [5.41, 5.74) is 0. The third-order valence-corrected chi connectivity index (χ3v) is 14.3. The second-order valence-electron chi connectivity index (χ2n) is 21.6. The Labute approximate surface area is 450 Å². The number of hydrogen-bond donors (Lipinski definition) is 0. The molecule has 0 N–H and O–H groups in total. The first-order chi connectivity index (χ1) is 35.6. The third kappa shape index (κ3) is 60.4. The molecule has 72 heavy (non-hydrogen) atoms. The molecule has 0 aliphatic rings. The lowest BCUT2D eigenvalue weighted by atomic mass is 10.0. The smallest absolute Gasteiger partial charge is 0.306 e. The Balaban J connectivity index is 4.24. The van der Waals surface area contributed by atoms with Gasteiger partial charge < -0.3 is 14.2 Å². The molecule has 0 aliphatic carbocycles. The molecule has 0 saturated carbocycles. The van der Waals surface area contributed by atoms with Gasteiger partial charge in [-0.25, -0.2) is 0 Å². The highest BCUT2D eigenvalue weighted by molar-refractivity contribution is 5.70. The van der Waals surface area contributed by atoms with Crippen molar-refractivity contribution in [2.75, 3.05) is 19.8 Å². The van der Waals surface area contributed by atoms with Crippen LogP contribution in [0, 0.1) is 0 Å². The van der Waals surface area contributed by atoms with Gasteiger partial charge in [0.25, 0.3) is 0 Å². The van der Waals surface area contributed by atoms with Crippen molar-refractivity contribution in [2.24, 2.45) is 0 Å². The molecule has 0 aromatic rings. The van der Waals surface area contributed by atoms with Gasteiger partial charge in [-0.05, 0) is 77.0 Å². The van der Waals surface area contributed by atoms with Crippen molar-refractivity contribution in [2.45, 2.75) is 348 Å². The van der Waals surface area contributed by atoms with Gasteiger partial charge in [0.15, 0.2) is 6.10 Å². The summed E-state index contributed by atoms with van der Waals surface area (Å²) in [5.74, 6) is -0.382. The fraction of sp³-hybridized carbons (Fsp3) is 0.851. The van der Waals surface area contributed by atoms with E-state index in [0.717, 1.165) is 57.8 Å². The van der Waals surface area contributed by atoms with Gasteiger partial charge in [-0.1, -0.05) is 301 Å². The molecule has 422 valence electrons. The lowest BCUT2D eigenvalue weighted by molar-refractivity contribution is -0.163. The van der Waals surface area contributed by atoms with Gasteiger partial charge >= 0.3 is 11.9 Å². The summed E-state index contributed by atoms with van der Waals surface area (Å²) in [6.07, 6.45) is 80.1. The Bertz CT molecular complexity index is 1190. The number of esters is 2.